The van der Waals surface area contributed by atoms with Gasteiger partial charge in [-0.2, -0.15) is 0 Å². The van der Waals surface area contributed by atoms with Crippen LogP contribution in [0.1, 0.15) is 105 Å². The fraction of sp³-hybridized carbons (Fsp3) is 0.151. The number of hydrogen-bond acceptors (Lipinski definition) is 4. The maximum Gasteiger partial charge on any atom is 0.252 e. The van der Waals surface area contributed by atoms with E-state index < -0.39 is 0 Å². The summed E-state index contributed by atoms with van der Waals surface area (Å²) in [7, 11) is 0. The van der Waals surface area contributed by atoms with Gasteiger partial charge in [0.05, 0.1) is 39.1 Å². The van der Waals surface area contributed by atoms with Crippen LogP contribution < -0.4 is 52.4 Å². The first-order chi connectivity index (χ1) is 55.1. The van der Waals surface area contributed by atoms with E-state index in [1.165, 1.54) is 98.6 Å². The van der Waals surface area contributed by atoms with Crippen LogP contribution in [0.5, 0.6) is 0 Å². The molecule has 0 saturated carbocycles. The van der Waals surface area contributed by atoms with Crippen molar-refractivity contribution in [1.29, 1.82) is 0 Å². The minimum Gasteiger partial charge on any atom is -0.311 e. The maximum atomic E-state index is 2.74. The maximum absolute atomic E-state index is 2.74. The molecule has 0 fully saturated rings. The molecule has 2 aromatic heterocycles. The third kappa shape index (κ3) is 10.7. The second-order valence-electron chi connectivity index (χ2n) is 36.1. The molecule has 4 aliphatic rings. The van der Waals surface area contributed by atoms with E-state index in [0.29, 0.717) is 0 Å². The van der Waals surface area contributed by atoms with Crippen LogP contribution in [0, 0.1) is 0 Å². The van der Waals surface area contributed by atoms with E-state index in [1.807, 2.05) is 0 Å². The smallest absolute Gasteiger partial charge is 0.252 e. The zero-order valence-electron chi connectivity index (χ0n) is 67.0. The standard InChI is InChI=1S/C106H90B2N6/c1-103(2,3)69-49-53-88-80(57-69)81-58-70(104(4,5)6)50-54-89(81)112(88)76-61-96-100-98(63-76)111(75-41-26-17-27-42-75)94-66-95-87(65-86(94)107(100)84-45-28-30-47-92(84)109(96)73-37-22-15-23-38-73)108-85-46-29-31-48-93(85)110(74-39-24-16-25-40-74)97-62-77(113-90-55-51-71(105(7,8)9)59-82(90)83-60-72(106(10,11)12)52-56-91(83)113)64-99(101(97)108)114(95)102-78(67-33-18-13-19-34-67)43-32-44-79(102)68-35-20-14-21-36-68/h13-66H,1-12H3. The number of rotatable bonds is 8. The molecule has 17 aromatic rings. The van der Waals surface area contributed by atoms with Gasteiger partial charge in [-0.15, -0.1) is 0 Å². The molecule has 0 spiro atoms. The first kappa shape index (κ1) is 69.2. The topological polar surface area (TPSA) is 22.8 Å². The Morgan fingerprint density at radius 1 is 0.211 bits per heavy atom. The van der Waals surface area contributed by atoms with Gasteiger partial charge in [0.2, 0.25) is 0 Å². The molecule has 550 valence electrons. The van der Waals surface area contributed by atoms with Crippen molar-refractivity contribution in [2.45, 2.75) is 105 Å². The van der Waals surface area contributed by atoms with Crippen LogP contribution in [0.25, 0.3) is 77.2 Å². The first-order valence-corrected chi connectivity index (χ1v) is 40.6. The Morgan fingerprint density at radius 2 is 0.500 bits per heavy atom. The quantitative estimate of drug-likeness (QED) is 0.141. The van der Waals surface area contributed by atoms with Crippen molar-refractivity contribution >= 4 is 158 Å². The zero-order chi connectivity index (χ0) is 77.6. The molecule has 0 bridgehead atoms. The molecule has 0 N–H and O–H groups in total. The summed E-state index contributed by atoms with van der Waals surface area (Å²) in [5.74, 6) is 0. The lowest BCUT2D eigenvalue weighted by Crippen LogP contribution is -2.65. The summed E-state index contributed by atoms with van der Waals surface area (Å²) >= 11 is 0. The molecule has 4 aliphatic heterocycles. The molecular weight excluding hydrogens is 1380 g/mol. The SMILES string of the molecule is CC(C)(C)c1ccc2c(c1)c1cc(C(C)(C)C)ccc1n2-c1cc2c3c(c1)N(c1ccccc1)c1cc4c(cc1B3c1ccccc1N2c1ccccc1)B1c2ccccc2N(c2ccccc2)c2cc(-n3c5ccc(C(C)(C)C)cc5c5cc(C(C)(C)C)ccc53)cc(c21)N4c1c(-c2ccccc2)cccc1-c1ccccc1. The van der Waals surface area contributed by atoms with Crippen molar-refractivity contribution in [2.75, 3.05) is 19.6 Å². The van der Waals surface area contributed by atoms with E-state index in [0.717, 1.165) is 102 Å². The summed E-state index contributed by atoms with van der Waals surface area (Å²) in [4.78, 5) is 10.5. The van der Waals surface area contributed by atoms with Crippen LogP contribution in [0.3, 0.4) is 0 Å². The summed E-state index contributed by atoms with van der Waals surface area (Å²) in [5, 5.41) is 5.01. The highest BCUT2D eigenvalue weighted by Crippen LogP contribution is 2.55. The molecule has 15 aromatic carbocycles. The Balaban J connectivity index is 0.925. The second-order valence-corrected chi connectivity index (χ2v) is 36.1. The summed E-state index contributed by atoms with van der Waals surface area (Å²) in [5.41, 5.74) is 37.3. The van der Waals surface area contributed by atoms with Crippen molar-refractivity contribution in [3.8, 4) is 33.6 Å². The number of anilines is 12. The molecule has 8 heteroatoms. The Hall–Kier alpha value is -12.8. The zero-order valence-corrected chi connectivity index (χ0v) is 67.0. The molecule has 0 aliphatic carbocycles. The Labute approximate surface area is 670 Å². The van der Waals surface area contributed by atoms with Gasteiger partial charge in [-0.25, -0.2) is 0 Å². The van der Waals surface area contributed by atoms with Crippen LogP contribution in [-0.2, 0) is 21.7 Å². The molecular formula is C106H90B2N6. The lowest BCUT2D eigenvalue weighted by Gasteiger charge is -2.48. The van der Waals surface area contributed by atoms with Crippen molar-refractivity contribution in [3.63, 3.8) is 0 Å². The second kappa shape index (κ2) is 25.4. The van der Waals surface area contributed by atoms with E-state index in [2.05, 4.69) is 439 Å². The lowest BCUT2D eigenvalue weighted by molar-refractivity contribution is 0.590. The largest absolute Gasteiger partial charge is 0.311 e. The number of nitrogens with zero attached hydrogens (tertiary/aromatic N) is 6. The van der Waals surface area contributed by atoms with Gasteiger partial charge >= 0.3 is 0 Å². The van der Waals surface area contributed by atoms with Crippen molar-refractivity contribution < 1.29 is 0 Å². The third-order valence-corrected chi connectivity index (χ3v) is 25.0. The van der Waals surface area contributed by atoms with Crippen LogP contribution in [0.2, 0.25) is 0 Å². The van der Waals surface area contributed by atoms with Gasteiger partial charge in [0.15, 0.2) is 0 Å². The van der Waals surface area contributed by atoms with Gasteiger partial charge in [0.25, 0.3) is 13.4 Å². The highest BCUT2D eigenvalue weighted by atomic mass is 15.2. The number of hydrogen-bond donors (Lipinski definition) is 0. The van der Waals surface area contributed by atoms with E-state index in [-0.39, 0.29) is 35.1 Å². The van der Waals surface area contributed by atoms with Crippen LogP contribution in [0.15, 0.2) is 328 Å². The highest BCUT2D eigenvalue weighted by molar-refractivity contribution is 7.03. The van der Waals surface area contributed by atoms with Gasteiger partial charge in [-0.05, 0) is 215 Å². The van der Waals surface area contributed by atoms with Crippen molar-refractivity contribution in [2.24, 2.45) is 0 Å². The molecule has 21 rings (SSSR count). The summed E-state index contributed by atoms with van der Waals surface area (Å²) in [6, 6.07) is 126. The molecule has 0 atom stereocenters. The van der Waals surface area contributed by atoms with E-state index >= 15 is 0 Å². The number of fused-ring (bicyclic) bond motifs is 14. The predicted molar refractivity (Wildman–Crippen MR) is 489 cm³/mol. The Morgan fingerprint density at radius 3 is 0.833 bits per heavy atom. The van der Waals surface area contributed by atoms with Gasteiger partial charge in [-0.1, -0.05) is 283 Å². The summed E-state index contributed by atoms with van der Waals surface area (Å²) in [6.07, 6.45) is 0. The fourth-order valence-electron chi connectivity index (χ4n) is 19.4. The average molecular weight is 1470 g/mol. The summed E-state index contributed by atoms with van der Waals surface area (Å²) < 4.78 is 5.17. The normalized spacial score (nSPS) is 13.7. The minimum absolute atomic E-state index is 0.0701. The molecule has 114 heavy (non-hydrogen) atoms. The van der Waals surface area contributed by atoms with Gasteiger partial charge in [0.1, 0.15) is 0 Å². The van der Waals surface area contributed by atoms with Crippen LogP contribution in [0.4, 0.5) is 68.2 Å². The first-order valence-electron chi connectivity index (χ1n) is 40.6. The molecule has 0 radical (unpaired) electrons. The lowest BCUT2D eigenvalue weighted by atomic mass is 9.30. The van der Waals surface area contributed by atoms with E-state index in [1.54, 1.807) is 0 Å². The molecule has 0 saturated heterocycles. The third-order valence-electron chi connectivity index (χ3n) is 25.0. The van der Waals surface area contributed by atoms with Gasteiger partial charge < -0.3 is 28.7 Å². The summed E-state index contributed by atoms with van der Waals surface area (Å²) in [6.45, 7) is 27.6. The van der Waals surface area contributed by atoms with Gasteiger partial charge in [0, 0.05) is 95.2 Å². The average Bonchev–Trinajstić information content (AvgIpc) is 0.686. The molecule has 0 amide bonds. The number of benzene rings is 15. The monoisotopic (exact) mass is 1470 g/mol. The van der Waals surface area contributed by atoms with Crippen LogP contribution >= 0.6 is 0 Å². The fourth-order valence-corrected chi connectivity index (χ4v) is 19.4. The molecule has 6 nitrogen and oxygen atoms in total. The van der Waals surface area contributed by atoms with E-state index in [9.17, 15) is 0 Å². The van der Waals surface area contributed by atoms with E-state index in [4.69, 9.17) is 0 Å². The van der Waals surface area contributed by atoms with Crippen molar-refractivity contribution in [1.82, 2.24) is 9.13 Å². The molecule has 6 heterocycles. The predicted octanol–water partition coefficient (Wildman–Crippen LogP) is 24.6. The Bertz CT molecular complexity index is 6590. The highest BCUT2D eigenvalue weighted by Gasteiger charge is 2.50. The van der Waals surface area contributed by atoms with Crippen molar-refractivity contribution in [3.05, 3.63) is 350 Å². The Kier molecular flexibility index (Phi) is 15.4. The van der Waals surface area contributed by atoms with Gasteiger partial charge in [-0.3, -0.25) is 0 Å². The van der Waals surface area contributed by atoms with Crippen LogP contribution in [-0.4, -0.2) is 22.6 Å². The minimum atomic E-state index is -0.247. The number of aromatic nitrogens is 2. The number of para-hydroxylation sites is 6. The molecule has 0 unspecified atom stereocenters.